The van der Waals surface area contributed by atoms with Gasteiger partial charge in [-0.15, -0.1) is 0 Å². The molecule has 0 aliphatic carbocycles. The number of hydrogen-bond donors (Lipinski definition) is 1. The number of aromatic nitrogens is 2. The predicted molar refractivity (Wildman–Crippen MR) is 93.2 cm³/mol. The van der Waals surface area contributed by atoms with Crippen molar-refractivity contribution in [1.29, 1.82) is 0 Å². The van der Waals surface area contributed by atoms with Gasteiger partial charge in [-0.1, -0.05) is 23.2 Å². The fraction of sp³-hybridized carbons (Fsp3) is 0.235. The molecular formula is C17H17Cl2N3. The molecule has 2 heterocycles. The summed E-state index contributed by atoms with van der Waals surface area (Å²) in [5.74, 6) is 0. The van der Waals surface area contributed by atoms with Gasteiger partial charge in [-0.3, -0.25) is 0 Å². The van der Waals surface area contributed by atoms with Crippen LogP contribution < -0.4 is 5.32 Å². The maximum absolute atomic E-state index is 6.30. The molecule has 0 saturated carbocycles. The molecule has 0 radical (unpaired) electrons. The lowest BCUT2D eigenvalue weighted by Gasteiger charge is -2.12. The minimum Gasteiger partial charge on any atom is -0.378 e. The molecule has 1 aromatic carbocycles. The first-order valence-electron chi connectivity index (χ1n) is 7.10. The normalized spacial score (nSPS) is 11.1. The van der Waals surface area contributed by atoms with E-state index in [1.807, 2.05) is 38.2 Å². The Bertz CT molecular complexity index is 829. The third kappa shape index (κ3) is 2.67. The Morgan fingerprint density at radius 1 is 1.18 bits per heavy atom. The number of aryl methyl sites for hydroxylation is 3. The van der Waals surface area contributed by atoms with Crippen LogP contribution in [0.25, 0.3) is 5.65 Å². The third-order valence-corrected chi connectivity index (χ3v) is 4.52. The van der Waals surface area contributed by atoms with Gasteiger partial charge < -0.3 is 9.72 Å². The third-order valence-electron chi connectivity index (χ3n) is 3.96. The number of nitrogens with zero attached hydrogens (tertiary/aromatic N) is 2. The minimum atomic E-state index is 0.631. The maximum Gasteiger partial charge on any atom is 0.160 e. The molecule has 0 fully saturated rings. The molecule has 0 atom stereocenters. The van der Waals surface area contributed by atoms with Gasteiger partial charge in [0.25, 0.3) is 0 Å². The lowest BCUT2D eigenvalue weighted by molar-refractivity contribution is 1.08. The molecule has 5 heteroatoms. The number of nitrogens with one attached hydrogen (secondary N) is 1. The number of fused-ring (bicyclic) bond motifs is 1. The first kappa shape index (κ1) is 15.2. The van der Waals surface area contributed by atoms with E-state index in [1.54, 1.807) is 6.07 Å². The highest BCUT2D eigenvalue weighted by atomic mass is 35.5. The summed E-state index contributed by atoms with van der Waals surface area (Å²) in [5, 5.41) is 4.78. The zero-order valence-electron chi connectivity index (χ0n) is 12.7. The number of imidazole rings is 1. The molecular weight excluding hydrogens is 317 g/mol. The van der Waals surface area contributed by atoms with Gasteiger partial charge in [0.1, 0.15) is 0 Å². The molecule has 0 aliphatic heterocycles. The van der Waals surface area contributed by atoms with Crippen LogP contribution in [-0.2, 0) is 6.54 Å². The highest BCUT2D eigenvalue weighted by molar-refractivity contribution is 6.35. The summed E-state index contributed by atoms with van der Waals surface area (Å²) < 4.78 is 2.09. The van der Waals surface area contributed by atoms with E-state index in [2.05, 4.69) is 21.6 Å². The van der Waals surface area contributed by atoms with Crippen molar-refractivity contribution in [1.82, 2.24) is 9.38 Å². The summed E-state index contributed by atoms with van der Waals surface area (Å²) in [4.78, 5) is 4.63. The van der Waals surface area contributed by atoms with Gasteiger partial charge in [0.05, 0.1) is 11.4 Å². The van der Waals surface area contributed by atoms with Crippen LogP contribution in [0.4, 0.5) is 5.69 Å². The second kappa shape index (κ2) is 5.82. The van der Waals surface area contributed by atoms with Crippen molar-refractivity contribution in [3.8, 4) is 0 Å². The number of hydrogen-bond acceptors (Lipinski definition) is 2. The van der Waals surface area contributed by atoms with Gasteiger partial charge in [0, 0.05) is 28.5 Å². The Morgan fingerprint density at radius 3 is 2.68 bits per heavy atom. The number of pyridine rings is 1. The van der Waals surface area contributed by atoms with Crippen LogP contribution >= 0.6 is 23.2 Å². The van der Waals surface area contributed by atoms with Crippen molar-refractivity contribution >= 4 is 34.5 Å². The van der Waals surface area contributed by atoms with E-state index in [4.69, 9.17) is 23.2 Å². The van der Waals surface area contributed by atoms with Crippen LogP contribution in [0.5, 0.6) is 0 Å². The molecule has 3 rings (SSSR count). The van der Waals surface area contributed by atoms with Crippen molar-refractivity contribution in [2.45, 2.75) is 27.3 Å². The molecule has 2 aromatic heterocycles. The Labute approximate surface area is 139 Å². The first-order chi connectivity index (χ1) is 10.5. The smallest absolute Gasteiger partial charge is 0.160 e. The van der Waals surface area contributed by atoms with E-state index >= 15 is 0 Å². The van der Waals surface area contributed by atoms with Crippen LogP contribution in [0.2, 0.25) is 10.0 Å². The molecule has 3 nitrogen and oxygen atoms in total. The molecule has 0 amide bonds. The standard InChI is InChI=1S/C17H17Cl2N3/c1-10-7-13(18)8-15(19)14(10)9-20-16-5-4-6-22-12(3)11(2)21-17(16)22/h4-8,20H,9H2,1-3H3. The molecule has 0 aliphatic rings. The maximum atomic E-state index is 6.30. The SMILES string of the molecule is Cc1cc(Cl)cc(Cl)c1CNc1cccn2c(C)c(C)nc12. The van der Waals surface area contributed by atoms with Crippen molar-refractivity contribution in [2.75, 3.05) is 5.32 Å². The zero-order chi connectivity index (χ0) is 15.9. The summed E-state index contributed by atoms with van der Waals surface area (Å²) in [5.41, 5.74) is 6.24. The van der Waals surface area contributed by atoms with E-state index in [9.17, 15) is 0 Å². The van der Waals surface area contributed by atoms with Crippen molar-refractivity contribution in [3.63, 3.8) is 0 Å². The second-order valence-electron chi connectivity index (χ2n) is 5.43. The predicted octanol–water partition coefficient (Wildman–Crippen LogP) is 5.18. The summed E-state index contributed by atoms with van der Waals surface area (Å²) in [6, 6.07) is 7.74. The second-order valence-corrected chi connectivity index (χ2v) is 6.28. The quantitative estimate of drug-likeness (QED) is 0.715. The van der Waals surface area contributed by atoms with Gasteiger partial charge in [0.2, 0.25) is 0 Å². The van der Waals surface area contributed by atoms with E-state index in [-0.39, 0.29) is 0 Å². The lowest BCUT2D eigenvalue weighted by Crippen LogP contribution is -2.04. The van der Waals surface area contributed by atoms with Crippen molar-refractivity contribution < 1.29 is 0 Å². The van der Waals surface area contributed by atoms with Gasteiger partial charge in [0.15, 0.2) is 5.65 Å². The molecule has 0 saturated heterocycles. The van der Waals surface area contributed by atoms with Crippen LogP contribution in [-0.4, -0.2) is 9.38 Å². The molecule has 0 unspecified atom stereocenters. The van der Waals surface area contributed by atoms with Crippen LogP contribution in [0, 0.1) is 20.8 Å². The molecule has 1 N–H and O–H groups in total. The highest BCUT2D eigenvalue weighted by Gasteiger charge is 2.10. The number of halogens is 2. The van der Waals surface area contributed by atoms with Crippen molar-refractivity contribution in [3.05, 3.63) is 63.0 Å². The van der Waals surface area contributed by atoms with Gasteiger partial charge >= 0.3 is 0 Å². The first-order valence-corrected chi connectivity index (χ1v) is 7.85. The summed E-state index contributed by atoms with van der Waals surface area (Å²) in [6.45, 7) is 6.73. The fourth-order valence-electron chi connectivity index (χ4n) is 2.58. The Kier molecular flexibility index (Phi) is 4.02. The van der Waals surface area contributed by atoms with Crippen LogP contribution in [0.3, 0.4) is 0 Å². The van der Waals surface area contributed by atoms with Crippen molar-refractivity contribution in [2.24, 2.45) is 0 Å². The highest BCUT2D eigenvalue weighted by Crippen LogP contribution is 2.27. The zero-order valence-corrected chi connectivity index (χ0v) is 14.3. The van der Waals surface area contributed by atoms with Crippen LogP contribution in [0.1, 0.15) is 22.5 Å². The Morgan fingerprint density at radius 2 is 1.95 bits per heavy atom. The average molecular weight is 334 g/mol. The fourth-order valence-corrected chi connectivity index (χ4v) is 3.24. The van der Waals surface area contributed by atoms with E-state index in [1.165, 1.54) is 0 Å². The Balaban J connectivity index is 1.94. The molecule has 0 bridgehead atoms. The number of rotatable bonds is 3. The van der Waals surface area contributed by atoms with Gasteiger partial charge in [-0.25, -0.2) is 4.98 Å². The Hall–Kier alpha value is -1.71. The number of anilines is 1. The molecule has 0 spiro atoms. The number of benzene rings is 1. The minimum absolute atomic E-state index is 0.631. The summed E-state index contributed by atoms with van der Waals surface area (Å²) >= 11 is 12.3. The van der Waals surface area contributed by atoms with Gasteiger partial charge in [-0.05, 0) is 56.2 Å². The molecule has 114 valence electrons. The van der Waals surface area contributed by atoms with Crippen LogP contribution in [0.15, 0.2) is 30.5 Å². The summed E-state index contributed by atoms with van der Waals surface area (Å²) in [6.07, 6.45) is 2.02. The van der Waals surface area contributed by atoms with E-state index in [0.717, 1.165) is 33.8 Å². The summed E-state index contributed by atoms with van der Waals surface area (Å²) in [7, 11) is 0. The van der Waals surface area contributed by atoms with E-state index < -0.39 is 0 Å². The monoisotopic (exact) mass is 333 g/mol. The topological polar surface area (TPSA) is 29.3 Å². The van der Waals surface area contributed by atoms with E-state index in [0.29, 0.717) is 16.6 Å². The molecule has 22 heavy (non-hydrogen) atoms. The largest absolute Gasteiger partial charge is 0.378 e. The average Bonchev–Trinajstić information content (AvgIpc) is 2.74. The molecule has 3 aromatic rings. The lowest BCUT2D eigenvalue weighted by atomic mass is 10.1. The van der Waals surface area contributed by atoms with Gasteiger partial charge in [-0.2, -0.15) is 0 Å².